The fraction of sp³-hybridized carbons (Fsp3) is 0.722. The summed E-state index contributed by atoms with van der Waals surface area (Å²) >= 11 is 0. The Morgan fingerprint density at radius 2 is 2.19 bits per heavy atom. The maximum atomic E-state index is 11.9. The predicted octanol–water partition coefficient (Wildman–Crippen LogP) is 1.29. The number of hydrogen-bond acceptors (Lipinski definition) is 4. The minimum Gasteiger partial charge on any atom is -0.376 e. The van der Waals surface area contributed by atoms with Gasteiger partial charge in [-0.15, -0.1) is 24.0 Å². The molecule has 2 N–H and O–H groups in total. The van der Waals surface area contributed by atoms with Gasteiger partial charge < -0.3 is 20.3 Å². The topological polar surface area (TPSA) is 83.8 Å². The van der Waals surface area contributed by atoms with Crippen molar-refractivity contribution in [2.45, 2.75) is 45.3 Å². The number of nitrogens with zero attached hydrogens (tertiary/aromatic N) is 4. The Morgan fingerprint density at radius 3 is 2.81 bits per heavy atom. The Kier molecular flexibility index (Phi) is 10.7. The molecule has 1 unspecified atom stereocenters. The molecule has 0 bridgehead atoms. The van der Waals surface area contributed by atoms with E-state index in [-0.39, 0.29) is 42.5 Å². The lowest BCUT2D eigenvalue weighted by molar-refractivity contribution is -0.127. The Hall–Kier alpha value is -1.36. The van der Waals surface area contributed by atoms with Crippen LogP contribution in [0.5, 0.6) is 0 Å². The first kappa shape index (κ1) is 23.7. The van der Waals surface area contributed by atoms with Crippen LogP contribution in [-0.4, -0.2) is 66.4 Å². The smallest absolute Gasteiger partial charge is 0.241 e. The molecule has 1 aliphatic rings. The highest BCUT2D eigenvalue weighted by Gasteiger charge is 2.15. The van der Waals surface area contributed by atoms with Crippen molar-refractivity contribution in [3.8, 4) is 0 Å². The van der Waals surface area contributed by atoms with Crippen LogP contribution in [0.4, 0.5) is 0 Å². The quantitative estimate of drug-likeness (QED) is 0.341. The van der Waals surface area contributed by atoms with E-state index in [1.807, 2.05) is 17.9 Å². The number of aliphatic imine (C=N–C) groups is 1. The SMILES string of the molecule is CCc1nn(C)cc1CN=C(NCC(=O)N(C)C)NCC1CCCCO1.I. The largest absolute Gasteiger partial charge is 0.376 e. The summed E-state index contributed by atoms with van der Waals surface area (Å²) in [7, 11) is 5.40. The molecule has 154 valence electrons. The highest BCUT2D eigenvalue weighted by molar-refractivity contribution is 14.0. The number of aryl methyl sites for hydroxylation is 2. The van der Waals surface area contributed by atoms with E-state index in [4.69, 9.17) is 4.74 Å². The van der Waals surface area contributed by atoms with Crippen LogP contribution < -0.4 is 10.6 Å². The van der Waals surface area contributed by atoms with Crippen LogP contribution >= 0.6 is 24.0 Å². The van der Waals surface area contributed by atoms with Gasteiger partial charge in [-0.05, 0) is 25.7 Å². The van der Waals surface area contributed by atoms with Crippen LogP contribution in [0.1, 0.15) is 37.4 Å². The first-order valence-electron chi connectivity index (χ1n) is 9.35. The van der Waals surface area contributed by atoms with Crippen LogP contribution in [0.3, 0.4) is 0 Å². The number of guanidine groups is 1. The summed E-state index contributed by atoms with van der Waals surface area (Å²) in [6.07, 6.45) is 6.45. The zero-order valence-electron chi connectivity index (χ0n) is 16.8. The number of halogens is 1. The number of nitrogens with one attached hydrogen (secondary N) is 2. The molecule has 1 fully saturated rings. The van der Waals surface area contributed by atoms with Gasteiger partial charge in [0, 0.05) is 46.1 Å². The molecular formula is C18H33IN6O2. The van der Waals surface area contributed by atoms with Crippen molar-refractivity contribution in [2.24, 2.45) is 12.0 Å². The molecule has 1 atom stereocenters. The number of amides is 1. The van der Waals surface area contributed by atoms with Crippen molar-refractivity contribution < 1.29 is 9.53 Å². The molecule has 1 amide bonds. The molecule has 1 aromatic rings. The zero-order chi connectivity index (χ0) is 18.9. The number of carbonyl (C=O) groups is 1. The van der Waals surface area contributed by atoms with E-state index < -0.39 is 0 Å². The minimum absolute atomic E-state index is 0. The van der Waals surface area contributed by atoms with E-state index in [9.17, 15) is 4.79 Å². The van der Waals surface area contributed by atoms with Gasteiger partial charge in [-0.2, -0.15) is 5.10 Å². The maximum Gasteiger partial charge on any atom is 0.241 e. The van der Waals surface area contributed by atoms with Crippen molar-refractivity contribution in [3.05, 3.63) is 17.5 Å². The van der Waals surface area contributed by atoms with Crippen LogP contribution in [0, 0.1) is 0 Å². The minimum atomic E-state index is 0. The van der Waals surface area contributed by atoms with Crippen molar-refractivity contribution in [2.75, 3.05) is 33.8 Å². The lowest BCUT2D eigenvalue weighted by atomic mass is 10.1. The first-order valence-corrected chi connectivity index (χ1v) is 9.35. The number of carbonyl (C=O) groups excluding carboxylic acids is 1. The van der Waals surface area contributed by atoms with Gasteiger partial charge in [-0.25, -0.2) is 4.99 Å². The highest BCUT2D eigenvalue weighted by atomic mass is 127. The van der Waals surface area contributed by atoms with Crippen molar-refractivity contribution in [3.63, 3.8) is 0 Å². The molecule has 1 aliphatic heterocycles. The Bertz CT molecular complexity index is 611. The third-order valence-electron chi connectivity index (χ3n) is 4.41. The summed E-state index contributed by atoms with van der Waals surface area (Å²) in [6.45, 7) is 4.33. The summed E-state index contributed by atoms with van der Waals surface area (Å²) in [5, 5.41) is 10.9. The standard InChI is InChI=1S/C18H32N6O2.HI/c1-5-16-14(13-24(4)22-16)10-19-18(21-12-17(25)23(2)3)20-11-15-8-6-7-9-26-15;/h13,15H,5-12H2,1-4H3,(H2,19,20,21);1H. The van der Waals surface area contributed by atoms with Gasteiger partial charge in [0.1, 0.15) is 0 Å². The van der Waals surface area contributed by atoms with Crippen LogP contribution in [0.25, 0.3) is 0 Å². The van der Waals surface area contributed by atoms with Gasteiger partial charge >= 0.3 is 0 Å². The fourth-order valence-corrected chi connectivity index (χ4v) is 2.85. The predicted molar refractivity (Wildman–Crippen MR) is 117 cm³/mol. The second kappa shape index (κ2) is 12.2. The molecule has 27 heavy (non-hydrogen) atoms. The second-order valence-electron chi connectivity index (χ2n) is 6.80. The number of rotatable bonds is 7. The first-order chi connectivity index (χ1) is 12.5. The van der Waals surface area contributed by atoms with Crippen LogP contribution in [-0.2, 0) is 29.5 Å². The fourth-order valence-electron chi connectivity index (χ4n) is 2.85. The Balaban J connectivity index is 0.00000364. The van der Waals surface area contributed by atoms with E-state index >= 15 is 0 Å². The number of aromatic nitrogens is 2. The molecule has 0 radical (unpaired) electrons. The Morgan fingerprint density at radius 1 is 1.41 bits per heavy atom. The van der Waals surface area contributed by atoms with E-state index in [2.05, 4.69) is 27.6 Å². The third-order valence-corrected chi connectivity index (χ3v) is 4.41. The van der Waals surface area contributed by atoms with Crippen molar-refractivity contribution in [1.82, 2.24) is 25.3 Å². The molecule has 0 aromatic carbocycles. The maximum absolute atomic E-state index is 11.9. The normalized spacial score (nSPS) is 17.2. The van der Waals surface area contributed by atoms with Gasteiger partial charge in [-0.3, -0.25) is 9.48 Å². The lowest BCUT2D eigenvalue weighted by Gasteiger charge is -2.24. The molecule has 0 saturated carbocycles. The summed E-state index contributed by atoms with van der Waals surface area (Å²) in [5.74, 6) is 0.629. The van der Waals surface area contributed by atoms with E-state index in [0.717, 1.165) is 37.1 Å². The van der Waals surface area contributed by atoms with Gasteiger partial charge in [0.15, 0.2) is 5.96 Å². The summed E-state index contributed by atoms with van der Waals surface area (Å²) in [6, 6.07) is 0. The van der Waals surface area contributed by atoms with E-state index in [0.29, 0.717) is 19.0 Å². The molecule has 2 rings (SSSR count). The molecule has 1 aromatic heterocycles. The van der Waals surface area contributed by atoms with Crippen molar-refractivity contribution >= 4 is 35.8 Å². The molecular weight excluding hydrogens is 459 g/mol. The second-order valence-corrected chi connectivity index (χ2v) is 6.80. The molecule has 1 saturated heterocycles. The number of likely N-dealkylation sites (N-methyl/N-ethyl adjacent to an activating group) is 1. The highest BCUT2D eigenvalue weighted by Crippen LogP contribution is 2.12. The van der Waals surface area contributed by atoms with Gasteiger partial charge in [-0.1, -0.05) is 6.92 Å². The average molecular weight is 492 g/mol. The Labute approximate surface area is 179 Å². The summed E-state index contributed by atoms with van der Waals surface area (Å²) in [5.41, 5.74) is 2.15. The number of ether oxygens (including phenoxy) is 1. The molecule has 0 aliphatic carbocycles. The van der Waals surface area contributed by atoms with Crippen LogP contribution in [0.15, 0.2) is 11.2 Å². The van der Waals surface area contributed by atoms with Crippen LogP contribution in [0.2, 0.25) is 0 Å². The monoisotopic (exact) mass is 492 g/mol. The van der Waals surface area contributed by atoms with Gasteiger partial charge in [0.25, 0.3) is 0 Å². The molecule has 9 heteroatoms. The van der Waals surface area contributed by atoms with E-state index in [1.165, 1.54) is 6.42 Å². The zero-order valence-corrected chi connectivity index (χ0v) is 19.2. The summed E-state index contributed by atoms with van der Waals surface area (Å²) < 4.78 is 7.58. The van der Waals surface area contributed by atoms with E-state index in [1.54, 1.807) is 19.0 Å². The van der Waals surface area contributed by atoms with Crippen molar-refractivity contribution in [1.29, 1.82) is 0 Å². The number of hydrogen-bond donors (Lipinski definition) is 2. The third kappa shape index (κ3) is 8.04. The molecule has 0 spiro atoms. The molecule has 2 heterocycles. The van der Waals surface area contributed by atoms with Gasteiger partial charge in [0.2, 0.25) is 5.91 Å². The molecule has 8 nitrogen and oxygen atoms in total. The summed E-state index contributed by atoms with van der Waals surface area (Å²) in [4.78, 5) is 18.1. The average Bonchev–Trinajstić information content (AvgIpc) is 3.01. The van der Waals surface area contributed by atoms with Gasteiger partial charge in [0.05, 0.1) is 24.9 Å². The lowest BCUT2D eigenvalue weighted by Crippen LogP contribution is -2.45.